The number of pyridine rings is 1. The zero-order valence-corrected chi connectivity index (χ0v) is 10.4. The van der Waals surface area contributed by atoms with Crippen LogP contribution >= 0.6 is 0 Å². The van der Waals surface area contributed by atoms with Crippen molar-refractivity contribution in [1.29, 1.82) is 0 Å². The summed E-state index contributed by atoms with van der Waals surface area (Å²) >= 11 is 0. The van der Waals surface area contributed by atoms with Crippen LogP contribution in [-0.2, 0) is 6.54 Å². The molecule has 2 rings (SSSR count). The highest BCUT2D eigenvalue weighted by molar-refractivity contribution is 5.98. The fourth-order valence-electron chi connectivity index (χ4n) is 1.66. The summed E-state index contributed by atoms with van der Waals surface area (Å²) in [7, 11) is 0. The average Bonchev–Trinajstić information content (AvgIpc) is 2.45. The maximum Gasteiger partial charge on any atom is 0.282 e. The highest BCUT2D eigenvalue weighted by Crippen LogP contribution is 2.21. The number of nitrogens with two attached hydrogens (primary N) is 1. The SMILES string of the molecule is Nc1ccc([N+](=O)[O-])c(C(=O)NCc2ccccn2)c1. The molecule has 0 aliphatic rings. The Hall–Kier alpha value is -2.96. The number of nitro groups is 1. The predicted octanol–water partition coefficient (Wildman–Crippen LogP) is 1.50. The van der Waals surface area contributed by atoms with Crippen molar-refractivity contribution in [1.82, 2.24) is 10.3 Å². The Kier molecular flexibility index (Phi) is 3.90. The molecule has 0 radical (unpaired) electrons. The maximum atomic E-state index is 12.0. The van der Waals surface area contributed by atoms with Gasteiger partial charge in [-0.05, 0) is 24.3 Å². The van der Waals surface area contributed by atoms with E-state index in [1.165, 1.54) is 18.2 Å². The second kappa shape index (κ2) is 5.79. The standard InChI is InChI=1S/C13H12N4O3/c14-9-4-5-12(17(19)20)11(7-9)13(18)16-8-10-3-1-2-6-15-10/h1-7H,8,14H2,(H,16,18). The molecule has 1 aromatic carbocycles. The molecule has 7 nitrogen and oxygen atoms in total. The third kappa shape index (κ3) is 3.08. The molecule has 7 heteroatoms. The monoisotopic (exact) mass is 272 g/mol. The van der Waals surface area contributed by atoms with Crippen molar-refractivity contribution in [3.8, 4) is 0 Å². The number of nitrogens with zero attached hydrogens (tertiary/aromatic N) is 2. The second-order valence-corrected chi connectivity index (χ2v) is 4.04. The summed E-state index contributed by atoms with van der Waals surface area (Å²) in [4.78, 5) is 26.3. The van der Waals surface area contributed by atoms with Crippen LogP contribution in [0.25, 0.3) is 0 Å². The third-order valence-corrected chi connectivity index (χ3v) is 2.62. The van der Waals surface area contributed by atoms with Gasteiger partial charge in [0.25, 0.3) is 11.6 Å². The lowest BCUT2D eigenvalue weighted by molar-refractivity contribution is -0.385. The van der Waals surface area contributed by atoms with Gasteiger partial charge in [0.05, 0.1) is 17.2 Å². The van der Waals surface area contributed by atoms with Crippen molar-refractivity contribution in [3.63, 3.8) is 0 Å². The number of nitrogens with one attached hydrogen (secondary N) is 1. The van der Waals surface area contributed by atoms with Crippen LogP contribution in [0, 0.1) is 10.1 Å². The number of hydrogen-bond donors (Lipinski definition) is 2. The van der Waals surface area contributed by atoms with Gasteiger partial charge in [0.15, 0.2) is 0 Å². The van der Waals surface area contributed by atoms with Crippen LogP contribution in [0.15, 0.2) is 42.6 Å². The molecule has 0 bridgehead atoms. The Morgan fingerprint density at radius 3 is 2.80 bits per heavy atom. The molecule has 0 saturated heterocycles. The number of anilines is 1. The fraction of sp³-hybridized carbons (Fsp3) is 0.0769. The zero-order valence-electron chi connectivity index (χ0n) is 10.4. The number of hydrogen-bond acceptors (Lipinski definition) is 5. The Morgan fingerprint density at radius 2 is 2.15 bits per heavy atom. The quantitative estimate of drug-likeness (QED) is 0.497. The molecule has 0 fully saturated rings. The van der Waals surface area contributed by atoms with E-state index in [-0.39, 0.29) is 17.8 Å². The number of carbonyl (C=O) groups excluding carboxylic acids is 1. The molecular formula is C13H12N4O3. The molecule has 102 valence electrons. The highest BCUT2D eigenvalue weighted by Gasteiger charge is 2.20. The molecule has 1 amide bonds. The number of aromatic nitrogens is 1. The van der Waals surface area contributed by atoms with Crippen LogP contribution in [0.4, 0.5) is 11.4 Å². The van der Waals surface area contributed by atoms with Crippen LogP contribution in [0.3, 0.4) is 0 Å². The van der Waals surface area contributed by atoms with Crippen molar-refractivity contribution >= 4 is 17.3 Å². The lowest BCUT2D eigenvalue weighted by Gasteiger charge is -2.06. The Bertz CT molecular complexity index is 643. The van der Waals surface area contributed by atoms with Crippen LogP contribution in [0.2, 0.25) is 0 Å². The fourth-order valence-corrected chi connectivity index (χ4v) is 1.66. The van der Waals surface area contributed by atoms with E-state index in [2.05, 4.69) is 10.3 Å². The van der Waals surface area contributed by atoms with E-state index in [0.29, 0.717) is 11.4 Å². The maximum absolute atomic E-state index is 12.0. The van der Waals surface area contributed by atoms with Gasteiger partial charge in [-0.1, -0.05) is 6.07 Å². The number of amides is 1. The molecule has 0 aliphatic carbocycles. The number of nitrogen functional groups attached to an aromatic ring is 1. The Labute approximate surface area is 114 Å². The molecule has 0 atom stereocenters. The van der Waals surface area contributed by atoms with E-state index >= 15 is 0 Å². The summed E-state index contributed by atoms with van der Waals surface area (Å²) in [6.45, 7) is 0.186. The molecule has 1 heterocycles. The molecule has 0 unspecified atom stereocenters. The van der Waals surface area contributed by atoms with Crippen LogP contribution in [0.5, 0.6) is 0 Å². The van der Waals surface area contributed by atoms with Crippen LogP contribution in [-0.4, -0.2) is 15.8 Å². The Morgan fingerprint density at radius 1 is 1.35 bits per heavy atom. The van der Waals surface area contributed by atoms with Gasteiger partial charge in [-0.25, -0.2) is 0 Å². The molecule has 0 aliphatic heterocycles. The summed E-state index contributed by atoms with van der Waals surface area (Å²) < 4.78 is 0. The lowest BCUT2D eigenvalue weighted by atomic mass is 10.1. The molecule has 3 N–H and O–H groups in total. The first-order chi connectivity index (χ1) is 9.58. The van der Waals surface area contributed by atoms with Crippen molar-refractivity contribution in [2.75, 3.05) is 5.73 Å². The first-order valence-corrected chi connectivity index (χ1v) is 5.80. The van der Waals surface area contributed by atoms with Crippen LogP contribution in [0.1, 0.15) is 16.1 Å². The van der Waals surface area contributed by atoms with Gasteiger partial charge in [-0.15, -0.1) is 0 Å². The minimum Gasteiger partial charge on any atom is -0.399 e. The summed E-state index contributed by atoms with van der Waals surface area (Å²) in [6.07, 6.45) is 1.60. The zero-order chi connectivity index (χ0) is 14.5. The number of rotatable bonds is 4. The van der Waals surface area contributed by atoms with Crippen molar-refractivity contribution in [2.24, 2.45) is 0 Å². The van der Waals surface area contributed by atoms with E-state index < -0.39 is 10.8 Å². The topological polar surface area (TPSA) is 111 Å². The van der Waals surface area contributed by atoms with Gasteiger partial charge in [0, 0.05) is 18.0 Å². The van der Waals surface area contributed by atoms with E-state index in [9.17, 15) is 14.9 Å². The van der Waals surface area contributed by atoms with Gasteiger partial charge in [-0.3, -0.25) is 19.9 Å². The highest BCUT2D eigenvalue weighted by atomic mass is 16.6. The first kappa shape index (κ1) is 13.5. The van der Waals surface area contributed by atoms with Gasteiger partial charge < -0.3 is 11.1 Å². The molecule has 1 aromatic heterocycles. The summed E-state index contributed by atoms with van der Waals surface area (Å²) in [5.41, 5.74) is 6.16. The van der Waals surface area contributed by atoms with Gasteiger partial charge in [0.2, 0.25) is 0 Å². The second-order valence-electron chi connectivity index (χ2n) is 4.04. The normalized spacial score (nSPS) is 10.0. The van der Waals surface area contributed by atoms with Gasteiger partial charge in [0.1, 0.15) is 5.56 Å². The molecule has 0 spiro atoms. The average molecular weight is 272 g/mol. The summed E-state index contributed by atoms with van der Waals surface area (Å²) in [5, 5.41) is 13.5. The molecule has 0 saturated carbocycles. The number of nitro benzene ring substituents is 1. The summed E-state index contributed by atoms with van der Waals surface area (Å²) in [6, 6.07) is 9.17. The van der Waals surface area contributed by atoms with Crippen molar-refractivity contribution < 1.29 is 9.72 Å². The third-order valence-electron chi connectivity index (χ3n) is 2.62. The number of carbonyl (C=O) groups is 1. The largest absolute Gasteiger partial charge is 0.399 e. The van der Waals surface area contributed by atoms with E-state index in [1.807, 2.05) is 0 Å². The molecule has 2 aromatic rings. The summed E-state index contributed by atoms with van der Waals surface area (Å²) in [5.74, 6) is -0.561. The van der Waals surface area contributed by atoms with E-state index in [0.717, 1.165) is 0 Å². The van der Waals surface area contributed by atoms with E-state index in [4.69, 9.17) is 5.73 Å². The van der Waals surface area contributed by atoms with Crippen LogP contribution < -0.4 is 11.1 Å². The smallest absolute Gasteiger partial charge is 0.282 e. The first-order valence-electron chi connectivity index (χ1n) is 5.80. The molecular weight excluding hydrogens is 260 g/mol. The minimum absolute atomic E-state index is 0.0640. The van der Waals surface area contributed by atoms with Gasteiger partial charge in [-0.2, -0.15) is 0 Å². The molecule has 20 heavy (non-hydrogen) atoms. The number of benzene rings is 1. The van der Waals surface area contributed by atoms with Crippen molar-refractivity contribution in [2.45, 2.75) is 6.54 Å². The van der Waals surface area contributed by atoms with Crippen molar-refractivity contribution in [3.05, 3.63) is 64.0 Å². The minimum atomic E-state index is -0.616. The predicted molar refractivity (Wildman–Crippen MR) is 72.9 cm³/mol. The Balaban J connectivity index is 2.17. The lowest BCUT2D eigenvalue weighted by Crippen LogP contribution is -2.24. The van der Waals surface area contributed by atoms with E-state index in [1.54, 1.807) is 24.4 Å². The van der Waals surface area contributed by atoms with Gasteiger partial charge >= 0.3 is 0 Å².